The van der Waals surface area contributed by atoms with Crippen LogP contribution >= 0.6 is 35.3 Å². The standard InChI is InChI=1S/C10H13ClN2OS.ClH/c1-6-5-15-9(8(6)11)10(14)13-3-2-7(12)4-13;/h5,7H,2-4,12H2,1H3;1H/t7-;/m1./s1. The van der Waals surface area contributed by atoms with Gasteiger partial charge in [0.1, 0.15) is 4.88 Å². The molecule has 1 atom stereocenters. The van der Waals surface area contributed by atoms with Crippen molar-refractivity contribution in [3.8, 4) is 0 Å². The predicted molar refractivity (Wildman–Crippen MR) is 69.8 cm³/mol. The molecule has 16 heavy (non-hydrogen) atoms. The van der Waals surface area contributed by atoms with Crippen LogP contribution in [0.3, 0.4) is 0 Å². The molecule has 1 aromatic rings. The second-order valence-corrected chi connectivity index (χ2v) is 5.12. The molecule has 1 aliphatic rings. The predicted octanol–water partition coefficient (Wildman–Crippen LogP) is 2.30. The van der Waals surface area contributed by atoms with Crippen molar-refractivity contribution in [2.45, 2.75) is 19.4 Å². The van der Waals surface area contributed by atoms with Crippen LogP contribution in [0.4, 0.5) is 0 Å². The highest BCUT2D eigenvalue weighted by atomic mass is 35.5. The van der Waals surface area contributed by atoms with E-state index >= 15 is 0 Å². The Balaban J connectivity index is 0.00000128. The van der Waals surface area contributed by atoms with E-state index in [1.54, 1.807) is 4.90 Å². The Morgan fingerprint density at radius 1 is 1.69 bits per heavy atom. The van der Waals surface area contributed by atoms with Gasteiger partial charge in [0.15, 0.2) is 0 Å². The summed E-state index contributed by atoms with van der Waals surface area (Å²) < 4.78 is 0. The zero-order chi connectivity index (χ0) is 11.0. The van der Waals surface area contributed by atoms with Gasteiger partial charge >= 0.3 is 0 Å². The summed E-state index contributed by atoms with van der Waals surface area (Å²) >= 11 is 7.46. The number of carbonyl (C=O) groups excluding carboxylic acids is 1. The van der Waals surface area contributed by atoms with Crippen LogP contribution in [0.25, 0.3) is 0 Å². The Morgan fingerprint density at radius 2 is 2.38 bits per heavy atom. The highest BCUT2D eigenvalue weighted by molar-refractivity contribution is 7.13. The number of rotatable bonds is 1. The molecule has 2 heterocycles. The van der Waals surface area contributed by atoms with Crippen LogP contribution in [0.2, 0.25) is 5.02 Å². The second kappa shape index (κ2) is 5.36. The van der Waals surface area contributed by atoms with Crippen LogP contribution in [0.5, 0.6) is 0 Å². The molecule has 0 aromatic carbocycles. The smallest absolute Gasteiger partial charge is 0.265 e. The molecule has 1 aliphatic heterocycles. The molecule has 0 bridgehead atoms. The van der Waals surface area contributed by atoms with Gasteiger partial charge in [-0.25, -0.2) is 0 Å². The van der Waals surface area contributed by atoms with Crippen molar-refractivity contribution in [3.63, 3.8) is 0 Å². The lowest BCUT2D eigenvalue weighted by atomic mass is 10.3. The van der Waals surface area contributed by atoms with Gasteiger partial charge in [0, 0.05) is 19.1 Å². The fourth-order valence-electron chi connectivity index (χ4n) is 1.69. The zero-order valence-electron chi connectivity index (χ0n) is 8.90. The number of likely N-dealkylation sites (tertiary alicyclic amines) is 1. The van der Waals surface area contributed by atoms with E-state index in [0.29, 0.717) is 16.4 Å². The highest BCUT2D eigenvalue weighted by Crippen LogP contribution is 2.29. The number of thiophene rings is 1. The van der Waals surface area contributed by atoms with Crippen LogP contribution in [-0.4, -0.2) is 29.9 Å². The SMILES string of the molecule is Cc1csc(C(=O)N2CC[C@@H](N)C2)c1Cl.Cl. The molecule has 0 unspecified atom stereocenters. The number of aryl methyl sites for hydroxylation is 1. The molecule has 1 fully saturated rings. The summed E-state index contributed by atoms with van der Waals surface area (Å²) in [7, 11) is 0. The van der Waals surface area contributed by atoms with Crippen LogP contribution < -0.4 is 5.73 Å². The second-order valence-electron chi connectivity index (χ2n) is 3.86. The average Bonchev–Trinajstić information content (AvgIpc) is 2.75. The number of halogens is 2. The lowest BCUT2D eigenvalue weighted by Crippen LogP contribution is -2.31. The van der Waals surface area contributed by atoms with Gasteiger partial charge in [0.05, 0.1) is 5.02 Å². The third kappa shape index (κ3) is 2.51. The summed E-state index contributed by atoms with van der Waals surface area (Å²) in [6.07, 6.45) is 0.883. The van der Waals surface area contributed by atoms with E-state index in [0.717, 1.165) is 18.5 Å². The third-order valence-electron chi connectivity index (χ3n) is 2.61. The maximum absolute atomic E-state index is 12.0. The molecule has 0 radical (unpaired) electrons. The molecule has 0 aliphatic carbocycles. The van der Waals surface area contributed by atoms with E-state index in [1.807, 2.05) is 12.3 Å². The molecule has 3 nitrogen and oxygen atoms in total. The molecule has 1 amide bonds. The first-order chi connectivity index (χ1) is 7.09. The van der Waals surface area contributed by atoms with E-state index < -0.39 is 0 Å². The maximum atomic E-state index is 12.0. The molecular weight excluding hydrogens is 267 g/mol. The third-order valence-corrected chi connectivity index (χ3v) is 4.29. The van der Waals surface area contributed by atoms with E-state index in [1.165, 1.54) is 11.3 Å². The molecule has 0 saturated carbocycles. The minimum absolute atomic E-state index is 0. The lowest BCUT2D eigenvalue weighted by molar-refractivity contribution is 0.0796. The van der Waals surface area contributed by atoms with Gasteiger partial charge in [0.2, 0.25) is 0 Å². The van der Waals surface area contributed by atoms with Gasteiger partial charge in [-0.05, 0) is 24.3 Å². The summed E-state index contributed by atoms with van der Waals surface area (Å²) in [5.74, 6) is 0.0195. The molecular formula is C10H14Cl2N2OS. The van der Waals surface area contributed by atoms with Gasteiger partial charge in [-0.2, -0.15) is 0 Å². The fourth-order valence-corrected chi connectivity index (χ4v) is 2.93. The summed E-state index contributed by atoms with van der Waals surface area (Å²) in [4.78, 5) is 14.4. The number of hydrogen-bond acceptors (Lipinski definition) is 3. The van der Waals surface area contributed by atoms with E-state index in [9.17, 15) is 4.79 Å². The fraction of sp³-hybridized carbons (Fsp3) is 0.500. The average molecular weight is 281 g/mol. The Morgan fingerprint density at radius 3 is 2.81 bits per heavy atom. The van der Waals surface area contributed by atoms with Crippen LogP contribution in [0.15, 0.2) is 5.38 Å². The van der Waals surface area contributed by atoms with Crippen molar-refractivity contribution in [3.05, 3.63) is 20.8 Å². The van der Waals surface area contributed by atoms with Crippen LogP contribution in [0, 0.1) is 6.92 Å². The van der Waals surface area contributed by atoms with Crippen molar-refractivity contribution in [1.82, 2.24) is 4.90 Å². The first kappa shape index (κ1) is 13.8. The zero-order valence-corrected chi connectivity index (χ0v) is 11.3. The van der Waals surface area contributed by atoms with Crippen molar-refractivity contribution >= 4 is 41.3 Å². The van der Waals surface area contributed by atoms with Crippen molar-refractivity contribution in [2.24, 2.45) is 5.73 Å². The molecule has 0 spiro atoms. The Labute approximate surface area is 110 Å². The highest BCUT2D eigenvalue weighted by Gasteiger charge is 2.27. The lowest BCUT2D eigenvalue weighted by Gasteiger charge is -2.14. The largest absolute Gasteiger partial charge is 0.336 e. The van der Waals surface area contributed by atoms with Gasteiger partial charge < -0.3 is 10.6 Å². The van der Waals surface area contributed by atoms with Gasteiger partial charge in [-0.1, -0.05) is 11.6 Å². The van der Waals surface area contributed by atoms with Gasteiger partial charge in [-0.15, -0.1) is 23.7 Å². The van der Waals surface area contributed by atoms with Gasteiger partial charge in [0.25, 0.3) is 5.91 Å². The Hall–Kier alpha value is -0.290. The number of nitrogens with zero attached hydrogens (tertiary/aromatic N) is 1. The van der Waals surface area contributed by atoms with E-state index in [-0.39, 0.29) is 24.4 Å². The normalized spacial score (nSPS) is 19.7. The number of nitrogens with two attached hydrogens (primary N) is 1. The summed E-state index contributed by atoms with van der Waals surface area (Å²) in [6.45, 7) is 3.30. The molecule has 90 valence electrons. The minimum atomic E-state index is 0. The van der Waals surface area contributed by atoms with Gasteiger partial charge in [-0.3, -0.25) is 4.79 Å². The molecule has 1 saturated heterocycles. The maximum Gasteiger partial charge on any atom is 0.265 e. The molecule has 6 heteroatoms. The van der Waals surface area contributed by atoms with Crippen LogP contribution in [0.1, 0.15) is 21.7 Å². The first-order valence-electron chi connectivity index (χ1n) is 4.88. The Kier molecular flexibility index (Phi) is 4.62. The van der Waals surface area contributed by atoms with E-state index in [2.05, 4.69) is 0 Å². The molecule has 2 rings (SSSR count). The van der Waals surface area contributed by atoms with Crippen LogP contribution in [-0.2, 0) is 0 Å². The first-order valence-corrected chi connectivity index (χ1v) is 6.14. The number of amides is 1. The topological polar surface area (TPSA) is 46.3 Å². The van der Waals surface area contributed by atoms with E-state index in [4.69, 9.17) is 17.3 Å². The summed E-state index contributed by atoms with van der Waals surface area (Å²) in [5.41, 5.74) is 6.73. The summed E-state index contributed by atoms with van der Waals surface area (Å²) in [5, 5.41) is 2.50. The minimum Gasteiger partial charge on any atom is -0.336 e. The Bertz CT molecular complexity index is 394. The molecule has 2 N–H and O–H groups in total. The summed E-state index contributed by atoms with van der Waals surface area (Å²) in [6, 6.07) is 0.119. The monoisotopic (exact) mass is 280 g/mol. The van der Waals surface area contributed by atoms with Crippen molar-refractivity contribution < 1.29 is 4.79 Å². The van der Waals surface area contributed by atoms with Crippen molar-refractivity contribution in [1.29, 1.82) is 0 Å². The molecule has 1 aromatic heterocycles. The number of hydrogen-bond donors (Lipinski definition) is 1. The number of carbonyl (C=O) groups is 1. The van der Waals surface area contributed by atoms with Crippen molar-refractivity contribution in [2.75, 3.05) is 13.1 Å². The quantitative estimate of drug-likeness (QED) is 0.858.